The second-order valence-electron chi connectivity index (χ2n) is 6.15. The van der Waals surface area contributed by atoms with Crippen LogP contribution in [0.25, 0.3) is 6.08 Å². The first-order valence-corrected chi connectivity index (χ1v) is 8.36. The van der Waals surface area contributed by atoms with Crippen LogP contribution in [0.15, 0.2) is 30.3 Å². The van der Waals surface area contributed by atoms with Gasteiger partial charge in [-0.1, -0.05) is 31.9 Å². The second kappa shape index (κ2) is 9.11. The average molecular weight is 331 g/mol. The predicted molar refractivity (Wildman–Crippen MR) is 92.5 cm³/mol. The first-order valence-electron chi connectivity index (χ1n) is 8.36. The molecule has 1 aromatic rings. The van der Waals surface area contributed by atoms with Crippen molar-refractivity contribution in [1.82, 2.24) is 5.32 Å². The van der Waals surface area contributed by atoms with Crippen molar-refractivity contribution in [2.45, 2.75) is 38.6 Å². The maximum absolute atomic E-state index is 11.9. The van der Waals surface area contributed by atoms with Gasteiger partial charge in [0.2, 0.25) is 0 Å². The van der Waals surface area contributed by atoms with Crippen molar-refractivity contribution in [3.63, 3.8) is 0 Å². The molecule has 2 rings (SSSR count). The highest BCUT2D eigenvalue weighted by Crippen LogP contribution is 2.23. The van der Waals surface area contributed by atoms with Gasteiger partial charge < -0.3 is 14.8 Å². The zero-order valence-corrected chi connectivity index (χ0v) is 14.3. The fraction of sp³-hybridized carbons (Fsp3) is 0.474. The third-order valence-electron chi connectivity index (χ3n) is 4.33. The van der Waals surface area contributed by atoms with E-state index in [1.807, 2.05) is 24.3 Å². The Bertz CT molecular complexity index is 580. The van der Waals surface area contributed by atoms with Crippen LogP contribution in [-0.4, -0.2) is 31.6 Å². The fourth-order valence-corrected chi connectivity index (χ4v) is 2.84. The molecule has 130 valence electrons. The highest BCUT2D eigenvalue weighted by Gasteiger charge is 2.22. The Labute approximate surface area is 143 Å². The molecule has 0 aromatic heterocycles. The van der Waals surface area contributed by atoms with Crippen molar-refractivity contribution < 1.29 is 19.1 Å². The van der Waals surface area contributed by atoms with E-state index in [-0.39, 0.29) is 18.6 Å². The Morgan fingerprint density at radius 1 is 1.21 bits per heavy atom. The second-order valence-corrected chi connectivity index (χ2v) is 6.15. The van der Waals surface area contributed by atoms with E-state index in [0.717, 1.165) is 30.6 Å². The van der Waals surface area contributed by atoms with Gasteiger partial charge in [-0.25, -0.2) is 4.79 Å². The van der Waals surface area contributed by atoms with Gasteiger partial charge in [0.15, 0.2) is 6.61 Å². The van der Waals surface area contributed by atoms with Crippen LogP contribution in [0.3, 0.4) is 0 Å². The van der Waals surface area contributed by atoms with E-state index in [4.69, 9.17) is 9.47 Å². The minimum Gasteiger partial charge on any atom is -0.497 e. The third kappa shape index (κ3) is 5.72. The van der Waals surface area contributed by atoms with E-state index < -0.39 is 5.97 Å². The highest BCUT2D eigenvalue weighted by atomic mass is 16.5. The lowest BCUT2D eigenvalue weighted by Crippen LogP contribution is -2.42. The molecule has 0 saturated heterocycles. The van der Waals surface area contributed by atoms with Crippen molar-refractivity contribution in [2.75, 3.05) is 13.7 Å². The maximum Gasteiger partial charge on any atom is 0.331 e. The van der Waals surface area contributed by atoms with Gasteiger partial charge in [-0.15, -0.1) is 0 Å². The molecule has 1 amide bonds. The molecule has 0 spiro atoms. The smallest absolute Gasteiger partial charge is 0.331 e. The molecule has 0 heterocycles. The van der Waals surface area contributed by atoms with E-state index in [1.54, 1.807) is 13.2 Å². The Kier molecular flexibility index (Phi) is 6.85. The molecule has 24 heavy (non-hydrogen) atoms. The Morgan fingerprint density at radius 3 is 2.58 bits per heavy atom. The summed E-state index contributed by atoms with van der Waals surface area (Å²) in [6.45, 7) is 1.91. The number of carbonyl (C=O) groups excluding carboxylic acids is 2. The normalized spacial score (nSPS) is 20.6. The fourth-order valence-electron chi connectivity index (χ4n) is 2.84. The molecule has 1 fully saturated rings. The van der Waals surface area contributed by atoms with Crippen LogP contribution in [0.2, 0.25) is 0 Å². The van der Waals surface area contributed by atoms with Crippen molar-refractivity contribution in [2.24, 2.45) is 5.92 Å². The summed E-state index contributed by atoms with van der Waals surface area (Å²) in [6.07, 6.45) is 7.45. The lowest BCUT2D eigenvalue weighted by atomic mass is 9.86. The molecule has 1 N–H and O–H groups in total. The quantitative estimate of drug-likeness (QED) is 0.643. The standard InChI is InChI=1S/C19H25NO4/c1-14-5-3-4-6-17(14)20-18(21)13-24-19(22)12-9-15-7-10-16(23-2)11-8-15/h7-12,14,17H,3-6,13H2,1-2H3,(H,20,21)/b12-9+/t14-,17+/m1/s1. The number of hydrogen-bond donors (Lipinski definition) is 1. The molecule has 1 aliphatic carbocycles. The molecule has 1 aliphatic rings. The van der Waals surface area contributed by atoms with E-state index in [9.17, 15) is 9.59 Å². The number of amides is 1. The summed E-state index contributed by atoms with van der Waals surface area (Å²) in [5.74, 6) is 0.467. The summed E-state index contributed by atoms with van der Waals surface area (Å²) in [5.41, 5.74) is 0.855. The first-order chi connectivity index (χ1) is 11.6. The van der Waals surface area contributed by atoms with Gasteiger partial charge in [-0.2, -0.15) is 0 Å². The summed E-state index contributed by atoms with van der Waals surface area (Å²) in [7, 11) is 1.60. The number of methoxy groups -OCH3 is 1. The highest BCUT2D eigenvalue weighted by molar-refractivity contribution is 5.89. The van der Waals surface area contributed by atoms with Crippen LogP contribution in [0, 0.1) is 5.92 Å². The van der Waals surface area contributed by atoms with E-state index in [1.165, 1.54) is 12.5 Å². The number of esters is 1. The molecule has 2 atom stereocenters. The van der Waals surface area contributed by atoms with Crippen LogP contribution in [0.1, 0.15) is 38.2 Å². The van der Waals surface area contributed by atoms with E-state index in [2.05, 4.69) is 12.2 Å². The Hall–Kier alpha value is -2.30. The molecule has 0 unspecified atom stereocenters. The average Bonchev–Trinajstić information content (AvgIpc) is 2.60. The zero-order valence-electron chi connectivity index (χ0n) is 14.3. The van der Waals surface area contributed by atoms with Gasteiger partial charge in [0.1, 0.15) is 5.75 Å². The summed E-state index contributed by atoms with van der Waals surface area (Å²) in [5, 5.41) is 2.96. The number of carbonyl (C=O) groups is 2. The van der Waals surface area contributed by atoms with Crippen molar-refractivity contribution in [1.29, 1.82) is 0 Å². The van der Waals surface area contributed by atoms with E-state index >= 15 is 0 Å². The first kappa shape index (κ1) is 18.0. The summed E-state index contributed by atoms with van der Waals surface area (Å²) in [6, 6.07) is 7.48. The van der Waals surface area contributed by atoms with Gasteiger partial charge in [0.25, 0.3) is 5.91 Å². The van der Waals surface area contributed by atoms with Crippen molar-refractivity contribution in [3.8, 4) is 5.75 Å². The van der Waals surface area contributed by atoms with E-state index in [0.29, 0.717) is 5.92 Å². The summed E-state index contributed by atoms with van der Waals surface area (Å²) in [4.78, 5) is 23.6. The topological polar surface area (TPSA) is 64.6 Å². The zero-order chi connectivity index (χ0) is 17.4. The van der Waals surface area contributed by atoms with Crippen LogP contribution < -0.4 is 10.1 Å². The van der Waals surface area contributed by atoms with Gasteiger partial charge in [-0.05, 0) is 42.5 Å². The Morgan fingerprint density at radius 2 is 1.92 bits per heavy atom. The van der Waals surface area contributed by atoms with Crippen LogP contribution >= 0.6 is 0 Å². The summed E-state index contributed by atoms with van der Waals surface area (Å²) < 4.78 is 10.1. The molecule has 5 heteroatoms. The molecule has 1 saturated carbocycles. The molecular weight excluding hydrogens is 306 g/mol. The van der Waals surface area contributed by atoms with Gasteiger partial charge in [-0.3, -0.25) is 4.79 Å². The molecule has 5 nitrogen and oxygen atoms in total. The predicted octanol–water partition coefficient (Wildman–Crippen LogP) is 2.95. The minimum atomic E-state index is -0.530. The molecule has 0 bridgehead atoms. The van der Waals surface area contributed by atoms with Crippen LogP contribution in [-0.2, 0) is 14.3 Å². The van der Waals surface area contributed by atoms with Gasteiger partial charge in [0.05, 0.1) is 7.11 Å². The number of nitrogens with one attached hydrogen (secondary N) is 1. The monoisotopic (exact) mass is 331 g/mol. The molecule has 0 aliphatic heterocycles. The summed E-state index contributed by atoms with van der Waals surface area (Å²) >= 11 is 0. The van der Waals surface area contributed by atoms with Gasteiger partial charge >= 0.3 is 5.97 Å². The lowest BCUT2D eigenvalue weighted by Gasteiger charge is -2.29. The number of ether oxygens (including phenoxy) is 2. The lowest BCUT2D eigenvalue weighted by molar-refractivity contribution is -0.144. The molecular formula is C19H25NO4. The third-order valence-corrected chi connectivity index (χ3v) is 4.33. The number of rotatable bonds is 6. The number of benzene rings is 1. The maximum atomic E-state index is 11.9. The largest absolute Gasteiger partial charge is 0.497 e. The van der Waals surface area contributed by atoms with Crippen molar-refractivity contribution in [3.05, 3.63) is 35.9 Å². The van der Waals surface area contributed by atoms with Crippen LogP contribution in [0.5, 0.6) is 5.75 Å². The van der Waals surface area contributed by atoms with Gasteiger partial charge in [0, 0.05) is 12.1 Å². The minimum absolute atomic E-state index is 0.194. The molecule has 0 radical (unpaired) electrons. The molecule has 1 aromatic carbocycles. The SMILES string of the molecule is COc1ccc(/C=C/C(=O)OCC(=O)N[C@H]2CCCC[C@H]2C)cc1. The number of hydrogen-bond acceptors (Lipinski definition) is 4. The van der Waals surface area contributed by atoms with Crippen molar-refractivity contribution >= 4 is 18.0 Å². The van der Waals surface area contributed by atoms with Crippen LogP contribution in [0.4, 0.5) is 0 Å². The Balaban J connectivity index is 1.73.